The number of benzene rings is 3. The van der Waals surface area contributed by atoms with E-state index in [9.17, 15) is 4.79 Å². The molecule has 0 unspecified atom stereocenters. The van der Waals surface area contributed by atoms with Crippen molar-refractivity contribution in [1.82, 2.24) is 9.88 Å². The number of rotatable bonds is 9. The Morgan fingerprint density at radius 1 is 0.939 bits per heavy atom. The molecule has 7 heteroatoms. The molecular formula is C26H26ClN3O2S. The first-order valence-corrected chi connectivity index (χ1v) is 12.2. The van der Waals surface area contributed by atoms with Crippen LogP contribution in [0.1, 0.15) is 24.2 Å². The van der Waals surface area contributed by atoms with Crippen LogP contribution in [0.4, 0.5) is 5.13 Å². The molecule has 0 saturated heterocycles. The Labute approximate surface area is 203 Å². The van der Waals surface area contributed by atoms with Crippen molar-refractivity contribution in [2.75, 3.05) is 31.1 Å². The minimum atomic E-state index is -0.0847. The topological polar surface area (TPSA) is 45.7 Å². The van der Waals surface area contributed by atoms with Crippen LogP contribution < -0.4 is 9.64 Å². The summed E-state index contributed by atoms with van der Waals surface area (Å²) in [4.78, 5) is 22.3. The number of carbonyl (C=O) groups is 1. The molecule has 0 aliphatic rings. The van der Waals surface area contributed by atoms with Gasteiger partial charge in [0.15, 0.2) is 5.13 Å². The van der Waals surface area contributed by atoms with Gasteiger partial charge >= 0.3 is 0 Å². The summed E-state index contributed by atoms with van der Waals surface area (Å²) >= 11 is 7.64. The van der Waals surface area contributed by atoms with E-state index in [0.29, 0.717) is 28.0 Å². The van der Waals surface area contributed by atoms with Gasteiger partial charge in [0.05, 0.1) is 10.2 Å². The zero-order chi connectivity index (χ0) is 23.2. The zero-order valence-electron chi connectivity index (χ0n) is 18.7. The van der Waals surface area contributed by atoms with Crippen molar-refractivity contribution < 1.29 is 9.53 Å². The molecular weight excluding hydrogens is 454 g/mol. The highest BCUT2D eigenvalue weighted by Crippen LogP contribution is 2.32. The molecule has 0 aliphatic heterocycles. The number of fused-ring (bicyclic) bond motifs is 1. The predicted molar refractivity (Wildman–Crippen MR) is 137 cm³/mol. The maximum atomic E-state index is 13.6. The van der Waals surface area contributed by atoms with Gasteiger partial charge in [0, 0.05) is 23.7 Å². The van der Waals surface area contributed by atoms with Crippen LogP contribution in [-0.2, 0) is 0 Å². The van der Waals surface area contributed by atoms with Gasteiger partial charge in [-0.2, -0.15) is 0 Å². The monoisotopic (exact) mass is 479 g/mol. The molecule has 0 fully saturated rings. The van der Waals surface area contributed by atoms with E-state index in [1.54, 1.807) is 17.0 Å². The van der Waals surface area contributed by atoms with Crippen molar-refractivity contribution in [3.63, 3.8) is 0 Å². The lowest BCUT2D eigenvalue weighted by Gasteiger charge is -2.24. The molecule has 0 bridgehead atoms. The van der Waals surface area contributed by atoms with Crippen molar-refractivity contribution in [3.05, 3.63) is 83.4 Å². The highest BCUT2D eigenvalue weighted by molar-refractivity contribution is 7.22. The molecule has 4 rings (SSSR count). The molecule has 0 spiro atoms. The second-order valence-electron chi connectivity index (χ2n) is 7.53. The maximum Gasteiger partial charge on any atom is 0.260 e. The van der Waals surface area contributed by atoms with Crippen molar-refractivity contribution in [3.8, 4) is 11.5 Å². The number of hydrogen-bond donors (Lipinski definition) is 0. The van der Waals surface area contributed by atoms with Crippen LogP contribution in [0.2, 0.25) is 5.02 Å². The maximum absolute atomic E-state index is 13.6. The highest BCUT2D eigenvalue weighted by Gasteiger charge is 2.22. The molecule has 1 heterocycles. The van der Waals surface area contributed by atoms with Gasteiger partial charge in [-0.3, -0.25) is 9.69 Å². The van der Waals surface area contributed by atoms with Gasteiger partial charge in [-0.1, -0.05) is 55.0 Å². The second kappa shape index (κ2) is 10.8. The van der Waals surface area contributed by atoms with E-state index in [1.165, 1.54) is 11.3 Å². The fraction of sp³-hybridized carbons (Fsp3) is 0.231. The average molecular weight is 480 g/mol. The molecule has 0 radical (unpaired) electrons. The number of anilines is 1. The summed E-state index contributed by atoms with van der Waals surface area (Å²) in [5.74, 6) is 1.35. The van der Waals surface area contributed by atoms with E-state index in [2.05, 4.69) is 18.7 Å². The van der Waals surface area contributed by atoms with E-state index in [4.69, 9.17) is 21.3 Å². The Morgan fingerprint density at radius 3 is 2.33 bits per heavy atom. The van der Waals surface area contributed by atoms with E-state index >= 15 is 0 Å². The largest absolute Gasteiger partial charge is 0.457 e. The number of thiazole rings is 1. The first kappa shape index (κ1) is 23.2. The third-order valence-corrected chi connectivity index (χ3v) is 6.71. The second-order valence-corrected chi connectivity index (χ2v) is 8.98. The number of nitrogens with zero attached hydrogens (tertiary/aromatic N) is 3. The molecule has 170 valence electrons. The standard InChI is InChI=1S/C26H26ClN3O2S/c1-3-29(4-2)16-17-30(26-28-23-15-12-20(27)18-24(23)33-26)25(31)19-10-13-22(14-11-19)32-21-8-6-5-7-9-21/h5-15,18H,3-4,16-17H2,1-2H3. The minimum absolute atomic E-state index is 0.0847. The Hall–Kier alpha value is -2.93. The molecule has 3 aromatic carbocycles. The summed E-state index contributed by atoms with van der Waals surface area (Å²) in [5.41, 5.74) is 1.43. The summed E-state index contributed by atoms with van der Waals surface area (Å²) in [5, 5.41) is 1.33. The van der Waals surface area contributed by atoms with Crippen LogP contribution in [0, 0.1) is 0 Å². The number of hydrogen-bond acceptors (Lipinski definition) is 5. The Kier molecular flexibility index (Phi) is 7.60. The number of amides is 1. The number of carbonyl (C=O) groups excluding carboxylic acids is 1. The number of halogens is 1. The average Bonchev–Trinajstić information content (AvgIpc) is 3.25. The van der Waals surface area contributed by atoms with Crippen molar-refractivity contribution in [2.45, 2.75) is 13.8 Å². The molecule has 1 aromatic heterocycles. The Balaban J connectivity index is 1.59. The third kappa shape index (κ3) is 5.71. The van der Waals surface area contributed by atoms with Crippen LogP contribution in [0.5, 0.6) is 11.5 Å². The van der Waals surface area contributed by atoms with Gasteiger partial charge in [-0.25, -0.2) is 4.98 Å². The zero-order valence-corrected chi connectivity index (χ0v) is 20.3. The van der Waals surface area contributed by atoms with Crippen LogP contribution >= 0.6 is 22.9 Å². The quantitative estimate of drug-likeness (QED) is 0.267. The van der Waals surface area contributed by atoms with E-state index in [-0.39, 0.29) is 5.91 Å². The first-order valence-electron chi connectivity index (χ1n) is 11.0. The molecule has 5 nitrogen and oxygen atoms in total. The lowest BCUT2D eigenvalue weighted by molar-refractivity contribution is 0.0984. The van der Waals surface area contributed by atoms with Crippen LogP contribution in [0.25, 0.3) is 10.2 Å². The molecule has 0 atom stereocenters. The lowest BCUT2D eigenvalue weighted by atomic mass is 10.2. The van der Waals surface area contributed by atoms with Crippen LogP contribution in [0.15, 0.2) is 72.8 Å². The van der Waals surface area contributed by atoms with Crippen molar-refractivity contribution in [2.24, 2.45) is 0 Å². The van der Waals surface area contributed by atoms with Crippen LogP contribution in [0.3, 0.4) is 0 Å². The molecule has 1 amide bonds. The fourth-order valence-corrected chi connectivity index (χ4v) is 4.78. The van der Waals surface area contributed by atoms with Gasteiger partial charge < -0.3 is 9.64 Å². The first-order chi connectivity index (χ1) is 16.1. The summed E-state index contributed by atoms with van der Waals surface area (Å²) in [7, 11) is 0. The van der Waals surface area contributed by atoms with Crippen molar-refractivity contribution >= 4 is 44.2 Å². The van der Waals surface area contributed by atoms with Gasteiger partial charge in [0.2, 0.25) is 0 Å². The molecule has 33 heavy (non-hydrogen) atoms. The van der Waals surface area contributed by atoms with E-state index < -0.39 is 0 Å². The SMILES string of the molecule is CCN(CC)CCN(C(=O)c1ccc(Oc2ccccc2)cc1)c1nc2ccc(Cl)cc2s1. The van der Waals surface area contributed by atoms with Gasteiger partial charge in [0.25, 0.3) is 5.91 Å². The summed E-state index contributed by atoms with van der Waals surface area (Å²) in [6.45, 7) is 7.43. The van der Waals surface area contributed by atoms with Gasteiger partial charge in [-0.15, -0.1) is 0 Å². The van der Waals surface area contributed by atoms with Crippen LogP contribution in [-0.4, -0.2) is 42.0 Å². The van der Waals surface area contributed by atoms with E-state index in [0.717, 1.165) is 35.6 Å². The van der Waals surface area contributed by atoms with Crippen molar-refractivity contribution in [1.29, 1.82) is 0 Å². The Morgan fingerprint density at radius 2 is 1.64 bits per heavy atom. The molecule has 4 aromatic rings. The summed E-state index contributed by atoms with van der Waals surface area (Å²) in [6.07, 6.45) is 0. The normalized spacial score (nSPS) is 11.2. The molecule has 0 N–H and O–H groups in total. The predicted octanol–water partition coefficient (Wildman–Crippen LogP) is 6.73. The molecule has 0 saturated carbocycles. The number of ether oxygens (including phenoxy) is 1. The lowest BCUT2D eigenvalue weighted by Crippen LogP contribution is -2.38. The Bertz CT molecular complexity index is 1210. The van der Waals surface area contributed by atoms with Gasteiger partial charge in [0.1, 0.15) is 11.5 Å². The summed E-state index contributed by atoms with van der Waals surface area (Å²) in [6, 6.07) is 22.4. The number of para-hydroxylation sites is 1. The van der Waals surface area contributed by atoms with E-state index in [1.807, 2.05) is 60.7 Å². The highest BCUT2D eigenvalue weighted by atomic mass is 35.5. The minimum Gasteiger partial charge on any atom is -0.457 e. The number of likely N-dealkylation sites (N-methyl/N-ethyl adjacent to an activating group) is 1. The smallest absolute Gasteiger partial charge is 0.260 e. The summed E-state index contributed by atoms with van der Waals surface area (Å²) < 4.78 is 6.83. The molecule has 0 aliphatic carbocycles. The number of aromatic nitrogens is 1. The van der Waals surface area contributed by atoms with Gasteiger partial charge in [-0.05, 0) is 67.7 Å². The fourth-order valence-electron chi connectivity index (χ4n) is 3.51. The third-order valence-electron chi connectivity index (χ3n) is 5.43.